The normalized spacial score (nSPS) is 11.8. The van der Waals surface area contributed by atoms with Gasteiger partial charge in [0.2, 0.25) is 11.8 Å². The van der Waals surface area contributed by atoms with Crippen LogP contribution >= 0.6 is 0 Å². The third kappa shape index (κ3) is 8.23. The zero-order valence-corrected chi connectivity index (χ0v) is 20.9. The first-order chi connectivity index (χ1) is 15.9. The van der Waals surface area contributed by atoms with E-state index in [2.05, 4.69) is 50.4 Å². The Balaban J connectivity index is 2.15. The van der Waals surface area contributed by atoms with Crippen molar-refractivity contribution < 1.29 is 14.3 Å². The van der Waals surface area contributed by atoms with Crippen LogP contribution in [0.2, 0.25) is 0 Å². The summed E-state index contributed by atoms with van der Waals surface area (Å²) in [5, 5.41) is 3.01. The fourth-order valence-corrected chi connectivity index (χ4v) is 3.82. The molecule has 1 atom stereocenters. The molecule has 180 valence electrons. The van der Waals surface area contributed by atoms with Gasteiger partial charge in [0, 0.05) is 19.5 Å². The molecule has 0 unspecified atom stereocenters. The van der Waals surface area contributed by atoms with E-state index >= 15 is 0 Å². The minimum absolute atomic E-state index is 0.00348. The standard InChI is InChI=1S/C28H40N2O3/c1-6-8-19-29-28(32)26(7-2)30(20-23-11-16-25(33-5)17-12-23)27(31)18-13-22-9-14-24(15-10-22)21(3)4/h9-12,14-17,21,26H,6-8,13,18-20H2,1-5H3,(H,29,32)/t26-/m0/s1. The van der Waals surface area contributed by atoms with Gasteiger partial charge in [-0.3, -0.25) is 9.59 Å². The van der Waals surface area contributed by atoms with E-state index in [1.165, 1.54) is 5.56 Å². The molecule has 0 aromatic heterocycles. The summed E-state index contributed by atoms with van der Waals surface area (Å²) in [6.45, 7) is 9.44. The van der Waals surface area contributed by atoms with Crippen LogP contribution in [-0.2, 0) is 22.6 Å². The van der Waals surface area contributed by atoms with E-state index in [9.17, 15) is 9.59 Å². The molecular weight excluding hydrogens is 412 g/mol. The van der Waals surface area contributed by atoms with Gasteiger partial charge in [-0.05, 0) is 54.0 Å². The molecule has 2 rings (SSSR count). The van der Waals surface area contributed by atoms with Gasteiger partial charge < -0.3 is 15.0 Å². The number of methoxy groups -OCH3 is 1. The van der Waals surface area contributed by atoms with Crippen LogP contribution in [0.15, 0.2) is 48.5 Å². The minimum Gasteiger partial charge on any atom is -0.497 e. The molecule has 0 saturated heterocycles. The molecule has 0 saturated carbocycles. The molecule has 1 N–H and O–H groups in total. The molecular formula is C28H40N2O3. The van der Waals surface area contributed by atoms with E-state index in [1.807, 2.05) is 31.2 Å². The fourth-order valence-electron chi connectivity index (χ4n) is 3.82. The zero-order chi connectivity index (χ0) is 24.2. The zero-order valence-electron chi connectivity index (χ0n) is 20.9. The molecule has 0 spiro atoms. The third-order valence-corrected chi connectivity index (χ3v) is 6.00. The number of amides is 2. The molecule has 2 aromatic rings. The molecule has 0 aliphatic rings. The van der Waals surface area contributed by atoms with Crippen molar-refractivity contribution in [3.8, 4) is 5.75 Å². The largest absolute Gasteiger partial charge is 0.497 e. The number of rotatable bonds is 13. The van der Waals surface area contributed by atoms with Gasteiger partial charge in [0.05, 0.1) is 7.11 Å². The van der Waals surface area contributed by atoms with Gasteiger partial charge in [0.25, 0.3) is 0 Å². The van der Waals surface area contributed by atoms with Gasteiger partial charge in [-0.2, -0.15) is 0 Å². The maximum absolute atomic E-state index is 13.4. The lowest BCUT2D eigenvalue weighted by molar-refractivity contribution is -0.141. The number of nitrogens with one attached hydrogen (secondary N) is 1. The van der Waals surface area contributed by atoms with Crippen molar-refractivity contribution >= 4 is 11.8 Å². The smallest absolute Gasteiger partial charge is 0.242 e. The monoisotopic (exact) mass is 452 g/mol. The molecule has 33 heavy (non-hydrogen) atoms. The topological polar surface area (TPSA) is 58.6 Å². The lowest BCUT2D eigenvalue weighted by Crippen LogP contribution is -2.49. The van der Waals surface area contributed by atoms with Gasteiger partial charge in [-0.1, -0.05) is 70.5 Å². The second-order valence-electron chi connectivity index (χ2n) is 8.83. The summed E-state index contributed by atoms with van der Waals surface area (Å²) in [5.74, 6) is 1.17. The van der Waals surface area contributed by atoms with Crippen molar-refractivity contribution in [2.75, 3.05) is 13.7 Å². The Kier molecular flexibility index (Phi) is 10.9. The van der Waals surface area contributed by atoms with E-state index in [4.69, 9.17) is 4.74 Å². The number of unbranched alkanes of at least 4 members (excludes halogenated alkanes) is 1. The predicted octanol–water partition coefficient (Wildman–Crippen LogP) is 5.47. The molecule has 0 radical (unpaired) electrons. The number of benzene rings is 2. The number of carbonyl (C=O) groups excluding carboxylic acids is 2. The predicted molar refractivity (Wildman–Crippen MR) is 134 cm³/mol. The molecule has 2 amide bonds. The van der Waals surface area contributed by atoms with Crippen LogP contribution in [0.5, 0.6) is 5.75 Å². The number of hydrogen-bond acceptors (Lipinski definition) is 3. The second kappa shape index (κ2) is 13.7. The number of nitrogens with zero attached hydrogens (tertiary/aromatic N) is 1. The Labute approximate surface area is 199 Å². The van der Waals surface area contributed by atoms with E-state index in [1.54, 1.807) is 12.0 Å². The first-order valence-corrected chi connectivity index (χ1v) is 12.2. The SMILES string of the molecule is CCCCNC(=O)[C@H](CC)N(Cc1ccc(OC)cc1)C(=O)CCc1ccc(C(C)C)cc1. The highest BCUT2D eigenvalue weighted by Crippen LogP contribution is 2.19. The molecule has 0 heterocycles. The summed E-state index contributed by atoms with van der Waals surface area (Å²) in [6, 6.07) is 15.7. The lowest BCUT2D eigenvalue weighted by Gasteiger charge is -2.31. The molecule has 0 fully saturated rings. The molecule has 5 nitrogen and oxygen atoms in total. The number of hydrogen-bond donors (Lipinski definition) is 1. The first-order valence-electron chi connectivity index (χ1n) is 12.2. The number of aryl methyl sites for hydroxylation is 1. The maximum atomic E-state index is 13.4. The molecule has 0 aliphatic heterocycles. The van der Waals surface area contributed by atoms with E-state index in [0.717, 1.165) is 29.7 Å². The van der Waals surface area contributed by atoms with Crippen molar-refractivity contribution in [3.05, 3.63) is 65.2 Å². The number of ether oxygens (including phenoxy) is 1. The van der Waals surface area contributed by atoms with Gasteiger partial charge in [-0.15, -0.1) is 0 Å². The quantitative estimate of drug-likeness (QED) is 0.410. The molecule has 5 heteroatoms. The van der Waals surface area contributed by atoms with Crippen molar-refractivity contribution in [3.63, 3.8) is 0 Å². The van der Waals surface area contributed by atoms with Crippen LogP contribution in [0.4, 0.5) is 0 Å². The second-order valence-corrected chi connectivity index (χ2v) is 8.83. The van der Waals surface area contributed by atoms with Crippen molar-refractivity contribution in [1.29, 1.82) is 0 Å². The maximum Gasteiger partial charge on any atom is 0.242 e. The summed E-state index contributed by atoms with van der Waals surface area (Å²) in [6.07, 6.45) is 3.55. The summed E-state index contributed by atoms with van der Waals surface area (Å²) in [5.41, 5.74) is 3.41. The third-order valence-electron chi connectivity index (χ3n) is 6.00. The Morgan fingerprint density at radius 3 is 2.15 bits per heavy atom. The summed E-state index contributed by atoms with van der Waals surface area (Å²) in [7, 11) is 1.63. The lowest BCUT2D eigenvalue weighted by atomic mass is 10.00. The van der Waals surface area contributed by atoms with Gasteiger partial charge in [0.1, 0.15) is 11.8 Å². The minimum atomic E-state index is -0.486. The van der Waals surface area contributed by atoms with Gasteiger partial charge in [0.15, 0.2) is 0 Å². The number of carbonyl (C=O) groups is 2. The Morgan fingerprint density at radius 1 is 0.970 bits per heavy atom. The van der Waals surface area contributed by atoms with Crippen LogP contribution in [0.3, 0.4) is 0 Å². The molecule has 2 aromatic carbocycles. The highest BCUT2D eigenvalue weighted by atomic mass is 16.5. The summed E-state index contributed by atoms with van der Waals surface area (Å²) in [4.78, 5) is 28.1. The van der Waals surface area contributed by atoms with Crippen molar-refractivity contribution in [2.45, 2.75) is 78.3 Å². The highest BCUT2D eigenvalue weighted by Gasteiger charge is 2.28. The fraction of sp³-hybridized carbons (Fsp3) is 0.500. The Morgan fingerprint density at radius 2 is 1.61 bits per heavy atom. The first kappa shape index (κ1) is 26.4. The van der Waals surface area contributed by atoms with E-state index in [-0.39, 0.29) is 11.8 Å². The van der Waals surface area contributed by atoms with Gasteiger partial charge >= 0.3 is 0 Å². The van der Waals surface area contributed by atoms with Crippen LogP contribution in [-0.4, -0.2) is 36.4 Å². The Bertz CT molecular complexity index is 860. The van der Waals surface area contributed by atoms with Crippen LogP contribution in [0, 0.1) is 0 Å². The van der Waals surface area contributed by atoms with Crippen LogP contribution in [0.1, 0.15) is 76.0 Å². The van der Waals surface area contributed by atoms with E-state index in [0.29, 0.717) is 38.3 Å². The summed E-state index contributed by atoms with van der Waals surface area (Å²) < 4.78 is 5.25. The van der Waals surface area contributed by atoms with E-state index < -0.39 is 6.04 Å². The van der Waals surface area contributed by atoms with Crippen molar-refractivity contribution in [2.24, 2.45) is 0 Å². The van der Waals surface area contributed by atoms with Crippen molar-refractivity contribution in [1.82, 2.24) is 10.2 Å². The van der Waals surface area contributed by atoms with Crippen LogP contribution < -0.4 is 10.1 Å². The highest BCUT2D eigenvalue weighted by molar-refractivity contribution is 5.87. The summed E-state index contributed by atoms with van der Waals surface area (Å²) >= 11 is 0. The van der Waals surface area contributed by atoms with Gasteiger partial charge in [-0.25, -0.2) is 0 Å². The van der Waals surface area contributed by atoms with Crippen LogP contribution in [0.25, 0.3) is 0 Å². The average Bonchev–Trinajstić information content (AvgIpc) is 2.83. The molecule has 0 bridgehead atoms. The average molecular weight is 453 g/mol. The molecule has 0 aliphatic carbocycles. The Hall–Kier alpha value is -2.82.